The van der Waals surface area contributed by atoms with Crippen LogP contribution in [0.5, 0.6) is 0 Å². The number of nitrogens with zero attached hydrogens (tertiary/aromatic N) is 3. The number of thioether (sulfide) groups is 1. The number of hydrogen-bond acceptors (Lipinski definition) is 5. The van der Waals surface area contributed by atoms with E-state index >= 15 is 0 Å². The van der Waals surface area contributed by atoms with E-state index in [1.807, 2.05) is 18.2 Å². The highest BCUT2D eigenvalue weighted by atomic mass is 32.2. The Morgan fingerprint density at radius 3 is 2.64 bits per heavy atom. The molecule has 1 aromatic heterocycles. The van der Waals surface area contributed by atoms with Crippen LogP contribution in [0.25, 0.3) is 11.0 Å². The standard InChI is InChI=1S/C20H17F2N3O2S/c1-13(19-24-16-4-2-3-5-17(16)25(19)20(21)22)27-18(26)12-28-11-15-8-6-14(10-23)7-9-15/h2-9,13,20H,11-12H2,1H3. The number of para-hydroxylation sites is 2. The summed E-state index contributed by atoms with van der Waals surface area (Å²) in [5.74, 6) is 0.171. The lowest BCUT2D eigenvalue weighted by atomic mass is 10.2. The molecule has 5 nitrogen and oxygen atoms in total. The maximum Gasteiger partial charge on any atom is 0.320 e. The summed E-state index contributed by atoms with van der Waals surface area (Å²) in [6.45, 7) is -1.25. The van der Waals surface area contributed by atoms with Crippen molar-refractivity contribution in [3.63, 3.8) is 0 Å². The molecule has 0 aliphatic rings. The maximum absolute atomic E-state index is 13.5. The van der Waals surface area contributed by atoms with E-state index in [4.69, 9.17) is 10.00 Å². The molecule has 1 unspecified atom stereocenters. The van der Waals surface area contributed by atoms with E-state index in [9.17, 15) is 13.6 Å². The molecule has 0 bridgehead atoms. The van der Waals surface area contributed by atoms with Crippen molar-refractivity contribution in [2.24, 2.45) is 0 Å². The van der Waals surface area contributed by atoms with Crippen molar-refractivity contribution in [1.29, 1.82) is 5.26 Å². The largest absolute Gasteiger partial charge is 0.454 e. The lowest BCUT2D eigenvalue weighted by molar-refractivity contribution is -0.146. The summed E-state index contributed by atoms with van der Waals surface area (Å²) in [6, 6.07) is 15.7. The first-order valence-corrected chi connectivity index (χ1v) is 9.66. The number of aromatic nitrogens is 2. The van der Waals surface area contributed by atoms with Gasteiger partial charge in [0.1, 0.15) is 0 Å². The molecular weight excluding hydrogens is 384 g/mol. The van der Waals surface area contributed by atoms with Crippen molar-refractivity contribution in [1.82, 2.24) is 9.55 Å². The monoisotopic (exact) mass is 401 g/mol. The minimum absolute atomic E-state index is 0.0154. The Morgan fingerprint density at radius 2 is 1.96 bits per heavy atom. The number of nitriles is 1. The zero-order valence-corrected chi connectivity index (χ0v) is 15.8. The van der Waals surface area contributed by atoms with Gasteiger partial charge in [-0.25, -0.2) is 4.98 Å². The molecule has 0 saturated heterocycles. The second kappa shape index (κ2) is 8.85. The Balaban J connectivity index is 1.60. The molecule has 0 spiro atoms. The van der Waals surface area contributed by atoms with E-state index in [-0.39, 0.29) is 11.6 Å². The number of imidazole rings is 1. The molecule has 0 fully saturated rings. The van der Waals surface area contributed by atoms with Gasteiger partial charge < -0.3 is 4.74 Å². The average Bonchev–Trinajstić information content (AvgIpc) is 3.08. The van der Waals surface area contributed by atoms with E-state index in [0.717, 1.165) is 10.1 Å². The number of carbonyl (C=O) groups excluding carboxylic acids is 1. The van der Waals surface area contributed by atoms with Crippen molar-refractivity contribution in [2.45, 2.75) is 25.3 Å². The van der Waals surface area contributed by atoms with Crippen molar-refractivity contribution < 1.29 is 18.3 Å². The van der Waals surface area contributed by atoms with E-state index in [2.05, 4.69) is 4.98 Å². The van der Waals surface area contributed by atoms with Crippen LogP contribution in [0.1, 0.15) is 36.5 Å². The van der Waals surface area contributed by atoms with Gasteiger partial charge in [-0.05, 0) is 36.8 Å². The van der Waals surface area contributed by atoms with Crippen molar-refractivity contribution in [3.05, 3.63) is 65.5 Å². The number of carbonyl (C=O) groups is 1. The predicted octanol–water partition coefficient (Wildman–Crippen LogP) is 4.84. The molecular formula is C20H17F2N3O2S. The molecule has 0 aliphatic heterocycles. The van der Waals surface area contributed by atoms with Crippen LogP contribution in [0, 0.1) is 11.3 Å². The SMILES string of the molecule is CC(OC(=O)CSCc1ccc(C#N)cc1)c1nc2ccccc2n1C(F)F. The predicted molar refractivity (Wildman–Crippen MR) is 103 cm³/mol. The second-order valence-corrected chi connectivity index (χ2v) is 7.03. The molecule has 0 saturated carbocycles. The Bertz CT molecular complexity index is 1010. The van der Waals surface area contributed by atoms with Crippen LogP contribution >= 0.6 is 11.8 Å². The molecule has 28 heavy (non-hydrogen) atoms. The van der Waals surface area contributed by atoms with Gasteiger partial charge in [-0.15, -0.1) is 11.8 Å². The van der Waals surface area contributed by atoms with Crippen LogP contribution in [0.2, 0.25) is 0 Å². The van der Waals surface area contributed by atoms with Gasteiger partial charge in [0.05, 0.1) is 28.4 Å². The Hall–Kier alpha value is -2.92. The maximum atomic E-state index is 13.5. The van der Waals surface area contributed by atoms with Crippen LogP contribution < -0.4 is 0 Å². The molecule has 144 valence electrons. The number of alkyl halides is 2. The normalized spacial score (nSPS) is 12.1. The molecule has 8 heteroatoms. The van der Waals surface area contributed by atoms with Gasteiger partial charge in [0.25, 0.3) is 0 Å². The number of hydrogen-bond donors (Lipinski definition) is 0. The summed E-state index contributed by atoms with van der Waals surface area (Å²) >= 11 is 1.35. The quantitative estimate of drug-likeness (QED) is 0.530. The van der Waals surface area contributed by atoms with Crippen LogP contribution in [-0.4, -0.2) is 21.3 Å². The number of fused-ring (bicyclic) bond motifs is 1. The molecule has 0 N–H and O–H groups in total. The first-order valence-electron chi connectivity index (χ1n) is 8.51. The smallest absolute Gasteiger partial charge is 0.320 e. The average molecular weight is 401 g/mol. The topological polar surface area (TPSA) is 67.9 Å². The van der Waals surface area contributed by atoms with E-state index in [1.54, 1.807) is 36.4 Å². The molecule has 0 aliphatic carbocycles. The van der Waals surface area contributed by atoms with Crippen molar-refractivity contribution in [3.8, 4) is 6.07 Å². The zero-order valence-electron chi connectivity index (χ0n) is 15.0. The van der Waals surface area contributed by atoms with Crippen molar-refractivity contribution in [2.75, 3.05) is 5.75 Å². The fourth-order valence-corrected chi connectivity index (χ4v) is 3.53. The molecule has 0 radical (unpaired) electrons. The third kappa shape index (κ3) is 4.49. The molecule has 1 atom stereocenters. The van der Waals surface area contributed by atoms with Gasteiger partial charge in [0, 0.05) is 5.75 Å². The van der Waals surface area contributed by atoms with Crippen LogP contribution in [0.15, 0.2) is 48.5 Å². The minimum Gasteiger partial charge on any atom is -0.454 e. The summed E-state index contributed by atoms with van der Waals surface area (Å²) in [6.07, 6.45) is -0.899. The minimum atomic E-state index is -2.78. The van der Waals surface area contributed by atoms with Gasteiger partial charge in [-0.2, -0.15) is 14.0 Å². The van der Waals surface area contributed by atoms with Crippen molar-refractivity contribution >= 4 is 28.8 Å². The first kappa shape index (κ1) is 19.8. The molecule has 3 rings (SSSR count). The van der Waals surface area contributed by atoms with E-state index in [0.29, 0.717) is 22.3 Å². The fraction of sp³-hybridized carbons (Fsp3) is 0.250. The van der Waals surface area contributed by atoms with Gasteiger partial charge in [0.2, 0.25) is 0 Å². The number of rotatable bonds is 7. The third-order valence-electron chi connectivity index (χ3n) is 4.06. The van der Waals surface area contributed by atoms with E-state index in [1.165, 1.54) is 18.7 Å². The second-order valence-electron chi connectivity index (χ2n) is 6.04. The highest BCUT2D eigenvalue weighted by Gasteiger charge is 2.24. The fourth-order valence-electron chi connectivity index (χ4n) is 2.77. The van der Waals surface area contributed by atoms with Gasteiger partial charge >= 0.3 is 12.5 Å². The van der Waals surface area contributed by atoms with Crippen LogP contribution in [0.4, 0.5) is 8.78 Å². The molecule has 1 heterocycles. The lowest BCUT2D eigenvalue weighted by Crippen LogP contribution is -2.15. The Labute approximate surface area is 164 Å². The summed E-state index contributed by atoms with van der Waals surface area (Å²) in [5.41, 5.74) is 2.27. The van der Waals surface area contributed by atoms with E-state index < -0.39 is 18.6 Å². The lowest BCUT2D eigenvalue weighted by Gasteiger charge is -2.15. The van der Waals surface area contributed by atoms with Gasteiger partial charge in [-0.3, -0.25) is 9.36 Å². The Morgan fingerprint density at radius 1 is 1.25 bits per heavy atom. The highest BCUT2D eigenvalue weighted by Crippen LogP contribution is 2.28. The molecule has 0 amide bonds. The third-order valence-corrected chi connectivity index (χ3v) is 5.04. The van der Waals surface area contributed by atoms with Crippen LogP contribution in [0.3, 0.4) is 0 Å². The zero-order chi connectivity index (χ0) is 20.1. The number of esters is 1. The first-order chi connectivity index (χ1) is 13.5. The number of benzene rings is 2. The summed E-state index contributed by atoms with van der Waals surface area (Å²) in [5, 5.41) is 8.79. The summed E-state index contributed by atoms with van der Waals surface area (Å²) < 4.78 is 33.1. The number of halogens is 2. The molecule has 3 aromatic rings. The van der Waals surface area contributed by atoms with Crippen LogP contribution in [-0.2, 0) is 15.3 Å². The summed E-state index contributed by atoms with van der Waals surface area (Å²) in [4.78, 5) is 16.3. The number of ether oxygens (including phenoxy) is 1. The highest BCUT2D eigenvalue weighted by molar-refractivity contribution is 7.99. The summed E-state index contributed by atoms with van der Waals surface area (Å²) in [7, 11) is 0. The molecule has 2 aromatic carbocycles. The van der Waals surface area contributed by atoms with Gasteiger partial charge in [0.15, 0.2) is 11.9 Å². The Kier molecular flexibility index (Phi) is 6.26. The van der Waals surface area contributed by atoms with Gasteiger partial charge in [-0.1, -0.05) is 24.3 Å².